The Hall–Kier alpha value is -1.74. The molecule has 1 aromatic carbocycles. The number of hydrogen-bond acceptors (Lipinski definition) is 3. The minimum atomic E-state index is 0.0858. The Morgan fingerprint density at radius 2 is 1.90 bits per heavy atom. The average Bonchev–Trinajstić information content (AvgIpc) is 2.84. The summed E-state index contributed by atoms with van der Waals surface area (Å²) < 4.78 is 11.5. The molecule has 0 aliphatic carbocycles. The zero-order chi connectivity index (χ0) is 15.5. The van der Waals surface area contributed by atoms with Crippen molar-refractivity contribution in [3.05, 3.63) is 53.0 Å². The van der Waals surface area contributed by atoms with E-state index in [4.69, 9.17) is 9.15 Å². The summed E-state index contributed by atoms with van der Waals surface area (Å²) in [5.74, 6) is 1.80. The van der Waals surface area contributed by atoms with Crippen LogP contribution in [0.25, 0.3) is 0 Å². The van der Waals surface area contributed by atoms with E-state index in [1.807, 2.05) is 6.07 Å². The van der Waals surface area contributed by atoms with E-state index < -0.39 is 0 Å². The van der Waals surface area contributed by atoms with E-state index >= 15 is 0 Å². The van der Waals surface area contributed by atoms with Crippen LogP contribution in [0.15, 0.2) is 34.9 Å². The van der Waals surface area contributed by atoms with Crippen LogP contribution in [0.4, 0.5) is 0 Å². The van der Waals surface area contributed by atoms with Crippen molar-refractivity contribution in [2.24, 2.45) is 0 Å². The minimum absolute atomic E-state index is 0.0858. The van der Waals surface area contributed by atoms with Crippen molar-refractivity contribution < 1.29 is 9.15 Å². The summed E-state index contributed by atoms with van der Waals surface area (Å²) in [4.78, 5) is 0. The Bertz CT molecular complexity index is 594. The maximum absolute atomic E-state index is 5.91. The monoisotopic (exact) mass is 287 g/mol. The van der Waals surface area contributed by atoms with Crippen molar-refractivity contribution in [2.75, 3.05) is 0 Å². The lowest BCUT2D eigenvalue weighted by Gasteiger charge is -2.20. The molecule has 0 atom stereocenters. The highest BCUT2D eigenvalue weighted by Crippen LogP contribution is 2.21. The van der Waals surface area contributed by atoms with Crippen LogP contribution < -0.4 is 10.1 Å². The van der Waals surface area contributed by atoms with Gasteiger partial charge in [0.2, 0.25) is 0 Å². The fourth-order valence-electron chi connectivity index (χ4n) is 2.02. The lowest BCUT2D eigenvalue weighted by atomic mass is 10.1. The Balaban J connectivity index is 2.01. The van der Waals surface area contributed by atoms with Crippen LogP contribution in [0.1, 0.15) is 43.2 Å². The van der Waals surface area contributed by atoms with Gasteiger partial charge in [0.1, 0.15) is 18.1 Å². The van der Waals surface area contributed by atoms with Crippen molar-refractivity contribution in [3.63, 3.8) is 0 Å². The molecule has 0 amide bonds. The lowest BCUT2D eigenvalue weighted by molar-refractivity contribution is 0.265. The van der Waals surface area contributed by atoms with E-state index in [1.165, 1.54) is 5.56 Å². The maximum Gasteiger partial charge on any atom is 0.146 e. The van der Waals surface area contributed by atoms with Gasteiger partial charge in [-0.25, -0.2) is 0 Å². The number of benzene rings is 1. The molecule has 2 aromatic rings. The number of hydrogen-bond donors (Lipinski definition) is 1. The van der Waals surface area contributed by atoms with E-state index in [-0.39, 0.29) is 5.54 Å². The van der Waals surface area contributed by atoms with Crippen LogP contribution in [0.5, 0.6) is 5.75 Å². The summed E-state index contributed by atoms with van der Waals surface area (Å²) in [5, 5.41) is 3.47. The Morgan fingerprint density at radius 1 is 1.14 bits per heavy atom. The fraction of sp³-hybridized carbons (Fsp3) is 0.444. The first-order chi connectivity index (χ1) is 9.85. The molecule has 0 aliphatic rings. The zero-order valence-electron chi connectivity index (χ0n) is 13.6. The minimum Gasteiger partial charge on any atom is -0.485 e. The van der Waals surface area contributed by atoms with Gasteiger partial charge in [-0.05, 0) is 57.9 Å². The molecule has 1 heterocycles. The van der Waals surface area contributed by atoms with Crippen molar-refractivity contribution in [1.82, 2.24) is 5.32 Å². The van der Waals surface area contributed by atoms with Gasteiger partial charge in [0.05, 0.1) is 6.26 Å². The lowest BCUT2D eigenvalue weighted by Crippen LogP contribution is -2.35. The molecule has 3 heteroatoms. The van der Waals surface area contributed by atoms with Gasteiger partial charge in [0, 0.05) is 17.6 Å². The predicted molar refractivity (Wildman–Crippen MR) is 85.5 cm³/mol. The van der Waals surface area contributed by atoms with Crippen molar-refractivity contribution in [2.45, 2.75) is 53.3 Å². The SMILES string of the molecule is Cc1ccc(C)c(OCc2occc2CNC(C)(C)C)c1. The first-order valence-electron chi connectivity index (χ1n) is 7.35. The maximum atomic E-state index is 5.91. The topological polar surface area (TPSA) is 34.4 Å². The number of rotatable bonds is 5. The van der Waals surface area contributed by atoms with Gasteiger partial charge >= 0.3 is 0 Å². The first kappa shape index (κ1) is 15.6. The number of ether oxygens (including phenoxy) is 1. The highest BCUT2D eigenvalue weighted by Gasteiger charge is 2.13. The number of nitrogens with one attached hydrogen (secondary N) is 1. The third kappa shape index (κ3) is 4.64. The molecule has 1 aromatic heterocycles. The van der Waals surface area contributed by atoms with Crippen LogP contribution in [-0.2, 0) is 13.2 Å². The smallest absolute Gasteiger partial charge is 0.146 e. The van der Waals surface area contributed by atoms with E-state index in [2.05, 4.69) is 58.1 Å². The molecular weight excluding hydrogens is 262 g/mol. The van der Waals surface area contributed by atoms with Gasteiger partial charge in [-0.2, -0.15) is 0 Å². The summed E-state index contributed by atoms with van der Waals surface area (Å²) in [6.45, 7) is 11.8. The van der Waals surface area contributed by atoms with Crippen LogP contribution in [0, 0.1) is 13.8 Å². The standard InChI is InChI=1S/C18H25NO2/c1-13-6-7-14(2)16(10-13)21-12-17-15(8-9-20-17)11-19-18(3,4)5/h6-10,19H,11-12H2,1-5H3. The third-order valence-corrected chi connectivity index (χ3v) is 3.35. The van der Waals surface area contributed by atoms with Gasteiger partial charge in [-0.1, -0.05) is 12.1 Å². The molecule has 0 radical (unpaired) electrons. The second-order valence-corrected chi connectivity index (χ2v) is 6.53. The Labute approximate surface area is 127 Å². The largest absolute Gasteiger partial charge is 0.485 e. The predicted octanol–water partition coefficient (Wildman–Crippen LogP) is 4.36. The van der Waals surface area contributed by atoms with Gasteiger partial charge in [-0.3, -0.25) is 0 Å². The molecule has 0 fully saturated rings. The summed E-state index contributed by atoms with van der Waals surface area (Å²) in [6, 6.07) is 8.23. The van der Waals surface area contributed by atoms with E-state index in [9.17, 15) is 0 Å². The van der Waals surface area contributed by atoms with Crippen LogP contribution in [-0.4, -0.2) is 5.54 Å². The average molecular weight is 287 g/mol. The quantitative estimate of drug-likeness (QED) is 0.887. The number of aryl methyl sites for hydroxylation is 2. The van der Waals surface area contributed by atoms with Crippen LogP contribution in [0.2, 0.25) is 0 Å². The van der Waals surface area contributed by atoms with Gasteiger partial charge in [0.25, 0.3) is 0 Å². The van der Waals surface area contributed by atoms with Crippen molar-refractivity contribution in [3.8, 4) is 5.75 Å². The molecule has 2 rings (SSSR count). The van der Waals surface area contributed by atoms with E-state index in [0.717, 1.165) is 29.2 Å². The molecule has 3 nitrogen and oxygen atoms in total. The van der Waals surface area contributed by atoms with Crippen molar-refractivity contribution in [1.29, 1.82) is 0 Å². The van der Waals surface area contributed by atoms with Gasteiger partial charge in [0.15, 0.2) is 0 Å². The van der Waals surface area contributed by atoms with Crippen LogP contribution >= 0.6 is 0 Å². The van der Waals surface area contributed by atoms with Crippen molar-refractivity contribution >= 4 is 0 Å². The molecule has 0 aliphatic heterocycles. The second kappa shape index (κ2) is 6.35. The molecule has 0 bridgehead atoms. The summed E-state index contributed by atoms with van der Waals surface area (Å²) in [5.41, 5.74) is 3.57. The third-order valence-electron chi connectivity index (χ3n) is 3.35. The molecule has 0 spiro atoms. The van der Waals surface area contributed by atoms with E-state index in [0.29, 0.717) is 6.61 Å². The Morgan fingerprint density at radius 3 is 2.62 bits per heavy atom. The molecule has 1 N–H and O–H groups in total. The fourth-order valence-corrected chi connectivity index (χ4v) is 2.02. The molecule has 114 valence electrons. The Kier molecular flexibility index (Phi) is 4.73. The highest BCUT2D eigenvalue weighted by molar-refractivity contribution is 5.36. The molecule has 0 saturated heterocycles. The van der Waals surface area contributed by atoms with E-state index in [1.54, 1.807) is 6.26 Å². The molecule has 0 unspecified atom stereocenters. The van der Waals surface area contributed by atoms with Gasteiger partial charge in [-0.15, -0.1) is 0 Å². The zero-order valence-corrected chi connectivity index (χ0v) is 13.6. The van der Waals surface area contributed by atoms with Crippen LogP contribution in [0.3, 0.4) is 0 Å². The normalized spacial score (nSPS) is 11.7. The first-order valence-corrected chi connectivity index (χ1v) is 7.35. The molecule has 21 heavy (non-hydrogen) atoms. The van der Waals surface area contributed by atoms with Gasteiger partial charge < -0.3 is 14.5 Å². The molecular formula is C18H25NO2. The summed E-state index contributed by atoms with van der Waals surface area (Å²) in [7, 11) is 0. The highest BCUT2D eigenvalue weighted by atomic mass is 16.5. The summed E-state index contributed by atoms with van der Waals surface area (Å²) in [6.07, 6.45) is 1.72. The number of furan rings is 1. The summed E-state index contributed by atoms with van der Waals surface area (Å²) >= 11 is 0. The molecule has 0 saturated carbocycles. The second-order valence-electron chi connectivity index (χ2n) is 6.53.